The Bertz CT molecular complexity index is 918. The molecule has 0 aliphatic carbocycles. The van der Waals surface area contributed by atoms with Crippen LogP contribution in [0.5, 0.6) is 0 Å². The van der Waals surface area contributed by atoms with Crippen LogP contribution in [0, 0.1) is 6.92 Å². The van der Waals surface area contributed by atoms with Gasteiger partial charge in [0.2, 0.25) is 0 Å². The van der Waals surface area contributed by atoms with Crippen molar-refractivity contribution >= 4 is 22.2 Å². The summed E-state index contributed by atoms with van der Waals surface area (Å²) in [5.74, 6) is -0.455. The van der Waals surface area contributed by atoms with Crippen LogP contribution >= 0.6 is 11.3 Å². The fourth-order valence-corrected chi connectivity index (χ4v) is 3.22. The summed E-state index contributed by atoms with van der Waals surface area (Å²) in [5, 5.41) is 2.75. The molecular weight excluding hydrogens is 326 g/mol. The number of thiazole rings is 1. The molecule has 1 amide bonds. The maximum atomic E-state index is 12.4. The molecule has 3 rings (SSSR count). The highest BCUT2D eigenvalue weighted by Crippen LogP contribution is 2.15. The van der Waals surface area contributed by atoms with Gasteiger partial charge in [0.25, 0.3) is 11.5 Å². The van der Waals surface area contributed by atoms with E-state index < -0.39 is 5.91 Å². The SMILES string of the molecule is COC(CNC(=O)c1cnc2sc(C)cn2c1=O)c1ccccc1. The van der Waals surface area contributed by atoms with Crippen LogP contribution in [0.3, 0.4) is 0 Å². The van der Waals surface area contributed by atoms with Crippen LogP contribution in [-0.2, 0) is 4.74 Å². The molecule has 6 nitrogen and oxygen atoms in total. The molecule has 1 atom stereocenters. The van der Waals surface area contributed by atoms with E-state index in [4.69, 9.17) is 4.74 Å². The number of carbonyl (C=O) groups excluding carboxylic acids is 1. The van der Waals surface area contributed by atoms with Crippen molar-refractivity contribution in [3.05, 3.63) is 69.1 Å². The molecule has 1 unspecified atom stereocenters. The molecule has 0 bridgehead atoms. The van der Waals surface area contributed by atoms with Crippen molar-refractivity contribution < 1.29 is 9.53 Å². The zero-order chi connectivity index (χ0) is 17.1. The van der Waals surface area contributed by atoms with Gasteiger partial charge in [-0.05, 0) is 12.5 Å². The molecule has 24 heavy (non-hydrogen) atoms. The molecule has 1 aromatic carbocycles. The topological polar surface area (TPSA) is 72.7 Å². The maximum Gasteiger partial charge on any atom is 0.271 e. The number of hydrogen-bond donors (Lipinski definition) is 1. The highest BCUT2D eigenvalue weighted by atomic mass is 32.1. The number of hydrogen-bond acceptors (Lipinski definition) is 5. The number of aryl methyl sites for hydroxylation is 1. The average molecular weight is 343 g/mol. The molecule has 0 aliphatic rings. The second-order valence-electron chi connectivity index (χ2n) is 5.32. The summed E-state index contributed by atoms with van der Waals surface area (Å²) < 4.78 is 6.82. The molecule has 1 N–H and O–H groups in total. The summed E-state index contributed by atoms with van der Waals surface area (Å²) in [6, 6.07) is 9.59. The minimum atomic E-state index is -0.455. The van der Waals surface area contributed by atoms with E-state index in [0.29, 0.717) is 4.96 Å². The number of carbonyl (C=O) groups is 1. The predicted octanol–water partition coefficient (Wildman–Crippen LogP) is 2.18. The van der Waals surface area contributed by atoms with Gasteiger partial charge >= 0.3 is 0 Å². The Hall–Kier alpha value is -2.51. The maximum absolute atomic E-state index is 12.4. The first kappa shape index (κ1) is 16.4. The Kier molecular flexibility index (Phi) is 4.73. The van der Waals surface area contributed by atoms with Gasteiger partial charge < -0.3 is 10.1 Å². The van der Waals surface area contributed by atoms with E-state index in [1.807, 2.05) is 37.3 Å². The summed E-state index contributed by atoms with van der Waals surface area (Å²) in [7, 11) is 1.58. The first-order valence-electron chi connectivity index (χ1n) is 7.44. The zero-order valence-corrected chi connectivity index (χ0v) is 14.2. The van der Waals surface area contributed by atoms with Gasteiger partial charge in [0.1, 0.15) is 5.56 Å². The third kappa shape index (κ3) is 3.22. The second kappa shape index (κ2) is 6.94. The van der Waals surface area contributed by atoms with Gasteiger partial charge in [0, 0.05) is 30.9 Å². The number of rotatable bonds is 5. The van der Waals surface area contributed by atoms with E-state index in [-0.39, 0.29) is 23.8 Å². The highest BCUT2D eigenvalue weighted by Gasteiger charge is 2.17. The largest absolute Gasteiger partial charge is 0.375 e. The first-order valence-corrected chi connectivity index (χ1v) is 8.25. The first-order chi connectivity index (χ1) is 11.6. The van der Waals surface area contributed by atoms with Gasteiger partial charge in [-0.15, -0.1) is 11.3 Å². The Morgan fingerprint density at radius 3 is 2.83 bits per heavy atom. The minimum absolute atomic E-state index is 0.0215. The monoisotopic (exact) mass is 343 g/mol. The molecule has 3 aromatic rings. The van der Waals surface area contributed by atoms with E-state index >= 15 is 0 Å². The van der Waals surface area contributed by atoms with Crippen LogP contribution in [0.25, 0.3) is 4.96 Å². The van der Waals surface area contributed by atoms with Crippen molar-refractivity contribution in [3.63, 3.8) is 0 Å². The molecule has 124 valence electrons. The van der Waals surface area contributed by atoms with Crippen LogP contribution in [0.1, 0.15) is 26.9 Å². The summed E-state index contributed by atoms with van der Waals surface area (Å²) in [4.78, 5) is 30.5. The molecule has 2 aromatic heterocycles. The Morgan fingerprint density at radius 2 is 2.12 bits per heavy atom. The fraction of sp³-hybridized carbons (Fsp3) is 0.235. The Morgan fingerprint density at radius 1 is 1.38 bits per heavy atom. The standard InChI is InChI=1S/C17H17N3O3S/c1-11-10-20-16(22)13(8-19-17(20)24-11)15(21)18-9-14(23-2)12-6-4-3-5-7-12/h3-8,10,14H,9H2,1-2H3,(H,18,21). The lowest BCUT2D eigenvalue weighted by molar-refractivity contribution is 0.0826. The van der Waals surface area contributed by atoms with Crippen LogP contribution in [0.2, 0.25) is 0 Å². The van der Waals surface area contributed by atoms with Crippen molar-refractivity contribution in [1.82, 2.24) is 14.7 Å². The van der Waals surface area contributed by atoms with Gasteiger partial charge in [-0.3, -0.25) is 14.0 Å². The number of aromatic nitrogens is 2. The van der Waals surface area contributed by atoms with Gasteiger partial charge in [0.15, 0.2) is 4.96 Å². The van der Waals surface area contributed by atoms with Crippen molar-refractivity contribution in [2.45, 2.75) is 13.0 Å². The highest BCUT2D eigenvalue weighted by molar-refractivity contribution is 7.16. The molecule has 2 heterocycles. The molecule has 0 fully saturated rings. The van der Waals surface area contributed by atoms with E-state index in [1.54, 1.807) is 13.3 Å². The molecule has 0 saturated heterocycles. The molecule has 0 radical (unpaired) electrons. The van der Waals surface area contributed by atoms with Gasteiger partial charge in [0.05, 0.1) is 6.10 Å². The molecule has 7 heteroatoms. The van der Waals surface area contributed by atoms with Crippen LogP contribution < -0.4 is 10.9 Å². The van der Waals surface area contributed by atoms with Crippen LogP contribution in [-0.4, -0.2) is 28.9 Å². The number of methoxy groups -OCH3 is 1. The van der Waals surface area contributed by atoms with Crippen molar-refractivity contribution in [2.75, 3.05) is 13.7 Å². The molecule has 0 saturated carbocycles. The Labute approximate surface area is 142 Å². The summed E-state index contributed by atoms with van der Waals surface area (Å²) in [6.45, 7) is 2.16. The number of amides is 1. The normalized spacial score (nSPS) is 12.2. The van der Waals surface area contributed by atoms with E-state index in [9.17, 15) is 9.59 Å². The number of benzene rings is 1. The van der Waals surface area contributed by atoms with E-state index in [0.717, 1.165) is 10.4 Å². The second-order valence-corrected chi connectivity index (χ2v) is 6.53. The third-order valence-electron chi connectivity index (χ3n) is 3.67. The summed E-state index contributed by atoms with van der Waals surface area (Å²) >= 11 is 1.41. The fourth-order valence-electron chi connectivity index (χ4n) is 2.44. The van der Waals surface area contributed by atoms with Crippen molar-refractivity contribution in [2.24, 2.45) is 0 Å². The quantitative estimate of drug-likeness (QED) is 0.771. The molecule has 0 aliphatic heterocycles. The lowest BCUT2D eigenvalue weighted by Gasteiger charge is -2.16. The smallest absolute Gasteiger partial charge is 0.271 e. The van der Waals surface area contributed by atoms with Gasteiger partial charge in [-0.1, -0.05) is 30.3 Å². The van der Waals surface area contributed by atoms with Crippen LogP contribution in [0.4, 0.5) is 0 Å². The van der Waals surface area contributed by atoms with E-state index in [2.05, 4.69) is 10.3 Å². The average Bonchev–Trinajstić information content (AvgIpc) is 2.98. The van der Waals surface area contributed by atoms with Gasteiger partial charge in [-0.2, -0.15) is 0 Å². The lowest BCUT2D eigenvalue weighted by atomic mass is 10.1. The van der Waals surface area contributed by atoms with E-state index in [1.165, 1.54) is 21.9 Å². The summed E-state index contributed by atoms with van der Waals surface area (Å²) in [5.41, 5.74) is 0.614. The lowest BCUT2D eigenvalue weighted by Crippen LogP contribution is -2.34. The van der Waals surface area contributed by atoms with Gasteiger partial charge in [-0.25, -0.2) is 4.98 Å². The predicted molar refractivity (Wildman–Crippen MR) is 92.6 cm³/mol. The number of nitrogens with zero attached hydrogens (tertiary/aromatic N) is 2. The summed E-state index contributed by atoms with van der Waals surface area (Å²) in [6.07, 6.45) is 2.74. The Balaban J connectivity index is 1.77. The number of ether oxygens (including phenoxy) is 1. The number of nitrogens with one attached hydrogen (secondary N) is 1. The van der Waals surface area contributed by atoms with Crippen molar-refractivity contribution in [3.8, 4) is 0 Å². The minimum Gasteiger partial charge on any atom is -0.375 e. The van der Waals surface area contributed by atoms with Crippen LogP contribution in [0.15, 0.2) is 47.5 Å². The molecule has 0 spiro atoms. The van der Waals surface area contributed by atoms with Crippen molar-refractivity contribution in [1.29, 1.82) is 0 Å². The zero-order valence-electron chi connectivity index (χ0n) is 13.4. The third-order valence-corrected chi connectivity index (χ3v) is 4.58. The molecular formula is C17H17N3O3S. The number of fused-ring (bicyclic) bond motifs is 1.